The number of carbonyl (C=O) groups is 1. The molecule has 1 spiro atoms. The first-order chi connectivity index (χ1) is 13.5. The molecule has 152 valence electrons. The minimum Gasteiger partial charge on any atom is -0.493 e. The fourth-order valence-electron chi connectivity index (χ4n) is 6.27. The molecule has 0 radical (unpaired) electrons. The van der Waals surface area contributed by atoms with Gasteiger partial charge in [0.25, 0.3) is 0 Å². The number of hydrogen-bond donors (Lipinski definition) is 0. The predicted molar refractivity (Wildman–Crippen MR) is 116 cm³/mol. The number of thioether (sulfide) groups is 2. The number of ether oxygens (including phenoxy) is 2. The molecule has 0 N–H and O–H groups in total. The highest BCUT2D eigenvalue weighted by atomic mass is 32.2. The van der Waals surface area contributed by atoms with Gasteiger partial charge in [-0.1, -0.05) is 6.07 Å². The highest BCUT2D eigenvalue weighted by Gasteiger charge is 2.63. The van der Waals surface area contributed by atoms with Gasteiger partial charge in [0.05, 0.1) is 14.2 Å². The first-order valence-corrected chi connectivity index (χ1v) is 12.3. The van der Waals surface area contributed by atoms with Crippen LogP contribution in [0.4, 0.5) is 0 Å². The van der Waals surface area contributed by atoms with Crippen molar-refractivity contribution in [3.05, 3.63) is 23.3 Å². The molecule has 28 heavy (non-hydrogen) atoms. The second-order valence-corrected chi connectivity index (χ2v) is 11.8. The summed E-state index contributed by atoms with van der Waals surface area (Å²) >= 11 is 3.83. The van der Waals surface area contributed by atoms with Gasteiger partial charge in [-0.15, -0.1) is 23.5 Å². The van der Waals surface area contributed by atoms with Crippen molar-refractivity contribution in [2.24, 2.45) is 5.92 Å². The maximum atomic E-state index is 13.4. The lowest BCUT2D eigenvalue weighted by atomic mass is 9.51. The molecule has 1 aromatic carbocycles. The topological polar surface area (TPSA) is 38.8 Å². The average molecular weight is 420 g/mol. The second kappa shape index (κ2) is 6.85. The van der Waals surface area contributed by atoms with Gasteiger partial charge < -0.3 is 14.4 Å². The first-order valence-electron chi connectivity index (χ1n) is 10.3. The number of methoxy groups -OCH3 is 2. The molecule has 2 heterocycles. The third-order valence-electron chi connectivity index (χ3n) is 7.55. The van der Waals surface area contributed by atoms with Gasteiger partial charge >= 0.3 is 0 Å². The minimum atomic E-state index is -0.266. The zero-order valence-electron chi connectivity index (χ0n) is 17.0. The molecular weight excluding hydrogens is 390 g/mol. The maximum absolute atomic E-state index is 13.4. The van der Waals surface area contributed by atoms with E-state index in [-0.39, 0.29) is 9.49 Å². The van der Waals surface area contributed by atoms with Gasteiger partial charge in [-0.25, -0.2) is 0 Å². The van der Waals surface area contributed by atoms with Crippen LogP contribution >= 0.6 is 23.5 Å². The predicted octanol–water partition coefficient (Wildman–Crippen LogP) is 3.75. The number of carbonyl (C=O) groups excluding carboxylic acids is 1. The van der Waals surface area contributed by atoms with E-state index in [0.717, 1.165) is 48.8 Å². The Hall–Kier alpha value is -0.850. The van der Waals surface area contributed by atoms with Crippen molar-refractivity contribution in [2.45, 2.75) is 47.6 Å². The number of rotatable bonds is 2. The van der Waals surface area contributed by atoms with Crippen molar-refractivity contribution < 1.29 is 14.3 Å². The normalized spacial score (nSPS) is 33.9. The lowest BCUT2D eigenvalue weighted by Gasteiger charge is -2.61. The van der Waals surface area contributed by atoms with E-state index in [1.807, 2.05) is 23.5 Å². The smallest absolute Gasteiger partial charge is 0.164 e. The maximum Gasteiger partial charge on any atom is 0.164 e. The average Bonchev–Trinajstić information content (AvgIpc) is 2.71. The van der Waals surface area contributed by atoms with Crippen molar-refractivity contribution in [3.63, 3.8) is 0 Å². The Labute approximate surface area is 176 Å². The van der Waals surface area contributed by atoms with Crippen LogP contribution in [0.2, 0.25) is 0 Å². The van der Waals surface area contributed by atoms with Crippen LogP contribution < -0.4 is 9.47 Å². The van der Waals surface area contributed by atoms with E-state index in [2.05, 4.69) is 24.1 Å². The summed E-state index contributed by atoms with van der Waals surface area (Å²) in [6, 6.07) is 4.74. The lowest BCUT2D eigenvalue weighted by molar-refractivity contribution is -0.127. The Bertz CT molecular complexity index is 807. The van der Waals surface area contributed by atoms with Crippen LogP contribution in [0.3, 0.4) is 0 Å². The molecule has 3 fully saturated rings. The second-order valence-electron chi connectivity index (χ2n) is 8.71. The van der Waals surface area contributed by atoms with Crippen LogP contribution in [-0.2, 0) is 16.6 Å². The lowest BCUT2D eigenvalue weighted by Crippen LogP contribution is -2.64. The third kappa shape index (κ3) is 2.53. The van der Waals surface area contributed by atoms with Gasteiger partial charge in [-0.3, -0.25) is 4.79 Å². The quantitative estimate of drug-likeness (QED) is 0.727. The summed E-state index contributed by atoms with van der Waals surface area (Å²) < 4.78 is 11.4. The Kier molecular flexibility index (Phi) is 4.68. The third-order valence-corrected chi connectivity index (χ3v) is 10.9. The van der Waals surface area contributed by atoms with E-state index in [1.54, 1.807) is 14.2 Å². The summed E-state index contributed by atoms with van der Waals surface area (Å²) in [5.74, 6) is 4.79. The highest BCUT2D eigenvalue weighted by molar-refractivity contribution is 8.19. The molecule has 0 aromatic heterocycles. The standard InChI is InChI=1S/C22H29NO3S2/c1-23-8-7-21-13-22(27-9-4-10-28-22)18(24)12-15(21)16(23)11-14-5-6-17(25-2)20(26-3)19(14)21/h5-6,15-16H,4,7-13H2,1-3H3/t15-,16+,21-/m0/s1. The van der Waals surface area contributed by atoms with E-state index >= 15 is 0 Å². The Morgan fingerprint density at radius 1 is 1.14 bits per heavy atom. The first kappa shape index (κ1) is 19.1. The zero-order chi connectivity index (χ0) is 19.5. The van der Waals surface area contributed by atoms with E-state index < -0.39 is 0 Å². The zero-order valence-corrected chi connectivity index (χ0v) is 18.6. The molecule has 4 aliphatic rings. The highest BCUT2D eigenvalue weighted by Crippen LogP contribution is 2.64. The van der Waals surface area contributed by atoms with Gasteiger partial charge in [0.2, 0.25) is 0 Å². The molecule has 6 heteroatoms. The monoisotopic (exact) mass is 419 g/mol. The van der Waals surface area contributed by atoms with E-state index in [0.29, 0.717) is 24.2 Å². The number of ketones is 1. The Balaban J connectivity index is 1.71. The van der Waals surface area contributed by atoms with Crippen LogP contribution in [0.25, 0.3) is 0 Å². The van der Waals surface area contributed by atoms with Crippen molar-refractivity contribution in [1.82, 2.24) is 4.90 Å². The summed E-state index contributed by atoms with van der Waals surface area (Å²) in [6.07, 6.45) is 4.95. The minimum absolute atomic E-state index is 0.00981. The number of hydrogen-bond acceptors (Lipinski definition) is 6. The number of fused-ring (bicyclic) bond motifs is 1. The number of benzene rings is 1. The molecule has 2 bridgehead atoms. The largest absolute Gasteiger partial charge is 0.493 e. The molecule has 2 aliphatic carbocycles. The summed E-state index contributed by atoms with van der Waals surface area (Å²) in [5, 5.41) is 0. The van der Waals surface area contributed by atoms with Gasteiger partial charge in [0, 0.05) is 23.4 Å². The molecule has 0 unspecified atom stereocenters. The van der Waals surface area contributed by atoms with Gasteiger partial charge in [-0.2, -0.15) is 0 Å². The van der Waals surface area contributed by atoms with Gasteiger partial charge in [-0.05, 0) is 68.3 Å². The molecule has 1 saturated carbocycles. The van der Waals surface area contributed by atoms with Crippen LogP contribution in [-0.4, -0.2) is 60.1 Å². The number of piperidine rings is 1. The van der Waals surface area contributed by atoms with Crippen LogP contribution in [0.1, 0.15) is 36.8 Å². The Morgan fingerprint density at radius 2 is 1.93 bits per heavy atom. The summed E-state index contributed by atoms with van der Waals surface area (Å²) in [4.78, 5) is 15.9. The van der Waals surface area contributed by atoms with Crippen LogP contribution in [0.5, 0.6) is 11.5 Å². The molecule has 2 aliphatic heterocycles. The van der Waals surface area contributed by atoms with Gasteiger partial charge in [0.1, 0.15) is 4.08 Å². The van der Waals surface area contributed by atoms with Crippen LogP contribution in [0, 0.1) is 5.92 Å². The molecule has 1 aromatic rings. The van der Waals surface area contributed by atoms with Crippen molar-refractivity contribution in [2.75, 3.05) is 39.3 Å². The molecule has 3 atom stereocenters. The van der Waals surface area contributed by atoms with Crippen molar-refractivity contribution in [1.29, 1.82) is 0 Å². The molecular formula is C22H29NO3S2. The van der Waals surface area contributed by atoms with Crippen molar-refractivity contribution in [3.8, 4) is 11.5 Å². The number of likely N-dealkylation sites (N-methyl/N-ethyl adjacent to an activating group) is 1. The van der Waals surface area contributed by atoms with E-state index in [1.165, 1.54) is 17.5 Å². The molecule has 4 nitrogen and oxygen atoms in total. The fraction of sp³-hybridized carbons (Fsp3) is 0.682. The van der Waals surface area contributed by atoms with E-state index in [9.17, 15) is 4.79 Å². The molecule has 5 rings (SSSR count). The number of likely N-dealkylation sites (tertiary alicyclic amines) is 1. The van der Waals surface area contributed by atoms with Crippen LogP contribution in [0.15, 0.2) is 12.1 Å². The summed E-state index contributed by atoms with van der Waals surface area (Å²) in [6.45, 7) is 1.08. The fourth-order valence-corrected chi connectivity index (χ4v) is 9.73. The van der Waals surface area contributed by atoms with Gasteiger partial charge in [0.15, 0.2) is 17.3 Å². The number of Topliss-reactive ketones (excluding diaryl/α,β-unsaturated/α-hetero) is 1. The molecule has 0 amide bonds. The van der Waals surface area contributed by atoms with Crippen molar-refractivity contribution >= 4 is 29.3 Å². The number of nitrogens with zero attached hydrogens (tertiary/aromatic N) is 1. The summed E-state index contributed by atoms with van der Waals surface area (Å²) in [5.41, 5.74) is 2.75. The Morgan fingerprint density at radius 3 is 2.64 bits per heavy atom. The SMILES string of the molecule is COc1ccc2c(c1OC)[C@]13CCN(C)[C@H](C2)[C@@H]1CC(=O)C1(C3)SCCCS1. The van der Waals surface area contributed by atoms with E-state index in [4.69, 9.17) is 9.47 Å². The summed E-state index contributed by atoms with van der Waals surface area (Å²) in [7, 11) is 5.72. The molecule has 2 saturated heterocycles.